The van der Waals surface area contributed by atoms with Crippen LogP contribution in [0.25, 0.3) is 0 Å². The van der Waals surface area contributed by atoms with Crippen LogP contribution in [0.1, 0.15) is 26.7 Å². The van der Waals surface area contributed by atoms with Gasteiger partial charge in [-0.15, -0.1) is 11.8 Å². The predicted octanol–water partition coefficient (Wildman–Crippen LogP) is 3.17. The molecule has 2 amide bonds. The van der Waals surface area contributed by atoms with Gasteiger partial charge in [0.25, 0.3) is 0 Å². The molecule has 0 aliphatic rings. The van der Waals surface area contributed by atoms with E-state index in [0.29, 0.717) is 18.5 Å². The van der Waals surface area contributed by atoms with E-state index in [0.717, 1.165) is 4.90 Å². The van der Waals surface area contributed by atoms with Crippen molar-refractivity contribution in [2.24, 2.45) is 0 Å². The van der Waals surface area contributed by atoms with E-state index in [1.54, 1.807) is 19.9 Å². The Morgan fingerprint density at radius 3 is 2.35 bits per heavy atom. The maximum Gasteiger partial charge on any atom is 0.329 e. The van der Waals surface area contributed by atoms with Gasteiger partial charge >= 0.3 is 12.0 Å². The molecule has 0 saturated carbocycles. The van der Waals surface area contributed by atoms with E-state index in [4.69, 9.17) is 0 Å². The first-order chi connectivity index (χ1) is 9.49. The predicted molar refractivity (Wildman–Crippen MR) is 81.3 cm³/mol. The average molecular weight is 296 g/mol. The number of para-hydroxylation sites is 1. The second-order valence-electron chi connectivity index (χ2n) is 4.37. The molecule has 0 saturated heterocycles. The summed E-state index contributed by atoms with van der Waals surface area (Å²) >= 11 is 1.51. The third-order valence-corrected chi connectivity index (χ3v) is 4.12. The van der Waals surface area contributed by atoms with Crippen molar-refractivity contribution in [3.8, 4) is 0 Å². The van der Waals surface area contributed by atoms with Crippen LogP contribution in [0, 0.1) is 0 Å². The van der Waals surface area contributed by atoms with E-state index in [9.17, 15) is 14.7 Å². The maximum atomic E-state index is 12.0. The summed E-state index contributed by atoms with van der Waals surface area (Å²) in [5.41, 5.74) is -0.553. The Morgan fingerprint density at radius 2 is 1.85 bits per heavy atom. The Morgan fingerprint density at radius 1 is 1.25 bits per heavy atom. The number of carboxylic acids is 1. The van der Waals surface area contributed by atoms with Gasteiger partial charge in [-0.2, -0.15) is 0 Å². The van der Waals surface area contributed by atoms with Gasteiger partial charge in [-0.05, 0) is 31.2 Å². The van der Waals surface area contributed by atoms with Gasteiger partial charge in [-0.1, -0.05) is 26.0 Å². The molecule has 0 heterocycles. The summed E-state index contributed by atoms with van der Waals surface area (Å²) in [6.07, 6.45) is 2.57. The molecule has 0 aliphatic heterocycles. The summed E-state index contributed by atoms with van der Waals surface area (Å²) in [6, 6.07) is 6.88. The Bertz CT molecular complexity index is 487. The summed E-state index contributed by atoms with van der Waals surface area (Å²) in [4.78, 5) is 24.3. The number of hydrogen-bond donors (Lipinski definition) is 3. The molecular formula is C14H20N2O3S. The van der Waals surface area contributed by atoms with E-state index < -0.39 is 17.5 Å². The first-order valence-electron chi connectivity index (χ1n) is 6.44. The van der Waals surface area contributed by atoms with Crippen LogP contribution in [0.3, 0.4) is 0 Å². The monoisotopic (exact) mass is 296 g/mol. The minimum absolute atomic E-state index is 0.330. The fraction of sp³-hybridized carbons (Fsp3) is 0.429. The van der Waals surface area contributed by atoms with E-state index in [2.05, 4.69) is 10.6 Å². The van der Waals surface area contributed by atoms with Crippen LogP contribution < -0.4 is 10.6 Å². The lowest BCUT2D eigenvalue weighted by atomic mass is 9.93. The normalized spacial score (nSPS) is 10.9. The van der Waals surface area contributed by atoms with Crippen molar-refractivity contribution in [1.82, 2.24) is 5.32 Å². The fourth-order valence-corrected chi connectivity index (χ4v) is 2.46. The third kappa shape index (κ3) is 3.66. The fourth-order valence-electron chi connectivity index (χ4n) is 1.90. The van der Waals surface area contributed by atoms with Crippen molar-refractivity contribution in [2.45, 2.75) is 37.1 Å². The topological polar surface area (TPSA) is 78.4 Å². The van der Waals surface area contributed by atoms with Crippen LogP contribution in [0.2, 0.25) is 0 Å². The number of rotatable bonds is 6. The highest BCUT2D eigenvalue weighted by atomic mass is 32.2. The van der Waals surface area contributed by atoms with Crippen molar-refractivity contribution in [3.63, 3.8) is 0 Å². The molecule has 3 N–H and O–H groups in total. The van der Waals surface area contributed by atoms with Crippen LogP contribution >= 0.6 is 11.8 Å². The van der Waals surface area contributed by atoms with E-state index >= 15 is 0 Å². The van der Waals surface area contributed by atoms with Crippen molar-refractivity contribution in [2.75, 3.05) is 11.6 Å². The molecule has 0 bridgehead atoms. The highest BCUT2D eigenvalue weighted by Crippen LogP contribution is 2.25. The van der Waals surface area contributed by atoms with Gasteiger partial charge < -0.3 is 15.7 Å². The largest absolute Gasteiger partial charge is 0.480 e. The second-order valence-corrected chi connectivity index (χ2v) is 5.22. The highest BCUT2D eigenvalue weighted by Gasteiger charge is 2.36. The van der Waals surface area contributed by atoms with Crippen LogP contribution in [0.5, 0.6) is 0 Å². The quantitative estimate of drug-likeness (QED) is 0.705. The summed E-state index contributed by atoms with van der Waals surface area (Å²) in [5, 5.41) is 14.6. The molecule has 110 valence electrons. The summed E-state index contributed by atoms with van der Waals surface area (Å²) in [6.45, 7) is 3.49. The molecule has 20 heavy (non-hydrogen) atoms. The van der Waals surface area contributed by atoms with Crippen LogP contribution in [-0.4, -0.2) is 28.9 Å². The number of thioether (sulfide) groups is 1. The Labute approximate surface area is 123 Å². The lowest BCUT2D eigenvalue weighted by Crippen LogP contribution is -2.55. The zero-order valence-corrected chi connectivity index (χ0v) is 12.7. The minimum Gasteiger partial charge on any atom is -0.480 e. The number of hydrogen-bond acceptors (Lipinski definition) is 3. The Kier molecular flexibility index (Phi) is 5.88. The molecule has 6 heteroatoms. The molecule has 1 aromatic carbocycles. The number of urea groups is 1. The maximum absolute atomic E-state index is 12.0. The van der Waals surface area contributed by atoms with Crippen molar-refractivity contribution >= 4 is 29.4 Å². The summed E-state index contributed by atoms with van der Waals surface area (Å²) in [5.74, 6) is -1.02. The Balaban J connectivity index is 2.84. The lowest BCUT2D eigenvalue weighted by Gasteiger charge is -2.28. The van der Waals surface area contributed by atoms with Gasteiger partial charge in [-0.3, -0.25) is 0 Å². The van der Waals surface area contributed by atoms with Gasteiger partial charge in [0.2, 0.25) is 0 Å². The van der Waals surface area contributed by atoms with Gasteiger partial charge in [0, 0.05) is 4.90 Å². The summed E-state index contributed by atoms with van der Waals surface area (Å²) < 4.78 is 0. The molecule has 0 spiro atoms. The second kappa shape index (κ2) is 7.19. The molecule has 0 radical (unpaired) electrons. The standard InChI is InChI=1S/C14H20N2O3S/c1-4-14(5-2,12(17)18)16-13(19)15-10-8-6-7-9-11(10)20-3/h6-9H,4-5H2,1-3H3,(H,17,18)(H2,15,16,19). The van der Waals surface area contributed by atoms with E-state index in [-0.39, 0.29) is 0 Å². The number of benzene rings is 1. The minimum atomic E-state index is -1.22. The molecular weight excluding hydrogens is 276 g/mol. The van der Waals surface area contributed by atoms with Crippen molar-refractivity contribution in [3.05, 3.63) is 24.3 Å². The van der Waals surface area contributed by atoms with Crippen LogP contribution in [-0.2, 0) is 4.79 Å². The van der Waals surface area contributed by atoms with Gasteiger partial charge in [-0.25, -0.2) is 9.59 Å². The average Bonchev–Trinajstić information content (AvgIpc) is 2.45. The molecule has 5 nitrogen and oxygen atoms in total. The van der Waals surface area contributed by atoms with Gasteiger partial charge in [0.15, 0.2) is 0 Å². The first-order valence-corrected chi connectivity index (χ1v) is 7.67. The number of carboxylic acid groups (broad SMARTS) is 1. The number of carbonyl (C=O) groups excluding carboxylic acids is 1. The van der Waals surface area contributed by atoms with Crippen LogP contribution in [0.15, 0.2) is 29.2 Å². The van der Waals surface area contributed by atoms with Crippen molar-refractivity contribution in [1.29, 1.82) is 0 Å². The molecule has 1 aromatic rings. The highest BCUT2D eigenvalue weighted by molar-refractivity contribution is 7.98. The number of nitrogens with one attached hydrogen (secondary N) is 2. The van der Waals surface area contributed by atoms with E-state index in [1.165, 1.54) is 11.8 Å². The van der Waals surface area contributed by atoms with Gasteiger partial charge in [0.1, 0.15) is 5.54 Å². The number of anilines is 1. The lowest BCUT2D eigenvalue weighted by molar-refractivity contribution is -0.144. The zero-order chi connectivity index (χ0) is 15.2. The molecule has 1 rings (SSSR count). The molecule has 0 unspecified atom stereocenters. The first kappa shape index (κ1) is 16.4. The molecule has 0 aromatic heterocycles. The summed E-state index contributed by atoms with van der Waals surface area (Å²) in [7, 11) is 0. The molecule has 0 aliphatic carbocycles. The number of aliphatic carboxylic acids is 1. The number of carbonyl (C=O) groups is 2. The number of amides is 2. The van der Waals surface area contributed by atoms with E-state index in [1.807, 2.05) is 24.5 Å². The third-order valence-electron chi connectivity index (χ3n) is 3.32. The van der Waals surface area contributed by atoms with Crippen LogP contribution in [0.4, 0.5) is 10.5 Å². The SMILES string of the molecule is CCC(CC)(NC(=O)Nc1ccccc1SC)C(=O)O. The zero-order valence-electron chi connectivity index (χ0n) is 11.9. The molecule has 0 atom stereocenters. The smallest absolute Gasteiger partial charge is 0.329 e. The molecule has 0 fully saturated rings. The van der Waals surface area contributed by atoms with Crippen molar-refractivity contribution < 1.29 is 14.7 Å². The van der Waals surface area contributed by atoms with Gasteiger partial charge in [0.05, 0.1) is 5.69 Å². The Hall–Kier alpha value is -1.69.